The van der Waals surface area contributed by atoms with Gasteiger partial charge in [-0.05, 0) is 62.5 Å². The second kappa shape index (κ2) is 8.71. The molecule has 31 heavy (non-hydrogen) atoms. The normalized spacial score (nSPS) is 26.8. The number of benzene rings is 1. The lowest BCUT2D eigenvalue weighted by molar-refractivity contribution is -0.136. The molecule has 10 heteroatoms. The monoisotopic (exact) mass is 459 g/mol. The molecule has 1 unspecified atom stereocenters. The molecule has 1 aliphatic carbocycles. The summed E-state index contributed by atoms with van der Waals surface area (Å²) in [5, 5.41) is -0.310. The van der Waals surface area contributed by atoms with E-state index in [1.54, 1.807) is 0 Å². The van der Waals surface area contributed by atoms with Crippen molar-refractivity contribution in [3.05, 3.63) is 35.1 Å². The van der Waals surface area contributed by atoms with E-state index in [0.29, 0.717) is 31.7 Å². The number of sulfonamides is 1. The Bertz CT molecular complexity index is 941. The van der Waals surface area contributed by atoms with E-state index in [-0.39, 0.29) is 54.1 Å². The lowest BCUT2D eigenvalue weighted by Crippen LogP contribution is -2.50. The van der Waals surface area contributed by atoms with Crippen LogP contribution in [0.5, 0.6) is 0 Å². The molecule has 0 aromatic heterocycles. The van der Waals surface area contributed by atoms with E-state index < -0.39 is 33.5 Å². The Morgan fingerprint density at radius 2 is 1.68 bits per heavy atom. The molecule has 6 nitrogen and oxygen atoms in total. The van der Waals surface area contributed by atoms with E-state index >= 15 is 0 Å². The summed E-state index contributed by atoms with van der Waals surface area (Å²) in [6, 6.07) is 1.03. The van der Waals surface area contributed by atoms with Crippen molar-refractivity contribution in [2.45, 2.75) is 74.7 Å². The summed E-state index contributed by atoms with van der Waals surface area (Å²) in [6.07, 6.45) is 4.62. The Morgan fingerprint density at radius 1 is 1.06 bits per heavy atom. The molecule has 4 atom stereocenters. The van der Waals surface area contributed by atoms with Crippen molar-refractivity contribution in [2.75, 3.05) is 6.54 Å². The minimum Gasteiger partial charge on any atom is -0.337 e. The van der Waals surface area contributed by atoms with Gasteiger partial charge in [0.1, 0.15) is 5.82 Å². The van der Waals surface area contributed by atoms with Gasteiger partial charge >= 0.3 is 0 Å². The van der Waals surface area contributed by atoms with E-state index in [0.717, 1.165) is 18.9 Å². The Morgan fingerprint density at radius 3 is 2.29 bits per heavy atom. The highest BCUT2D eigenvalue weighted by Crippen LogP contribution is 2.40. The number of halogens is 3. The zero-order valence-electron chi connectivity index (χ0n) is 17.2. The van der Waals surface area contributed by atoms with Gasteiger partial charge in [0.25, 0.3) is 0 Å². The Hall–Kier alpha value is -1.65. The van der Waals surface area contributed by atoms with Crippen LogP contribution in [0.1, 0.15) is 50.5 Å². The highest BCUT2D eigenvalue weighted by Gasteiger charge is 2.44. The van der Waals surface area contributed by atoms with E-state index in [4.69, 9.17) is 5.73 Å². The van der Waals surface area contributed by atoms with E-state index in [1.807, 2.05) is 4.90 Å². The van der Waals surface area contributed by atoms with Crippen molar-refractivity contribution < 1.29 is 26.4 Å². The first-order valence-corrected chi connectivity index (χ1v) is 12.4. The number of hydrogen-bond acceptors (Lipinski definition) is 4. The molecule has 3 N–H and O–H groups in total. The van der Waals surface area contributed by atoms with Crippen molar-refractivity contribution >= 4 is 15.9 Å². The molecule has 3 aliphatic rings. The summed E-state index contributed by atoms with van der Waals surface area (Å²) in [5.41, 5.74) is 6.37. The van der Waals surface area contributed by atoms with Gasteiger partial charge in [0.15, 0.2) is 11.6 Å². The molecule has 4 rings (SSSR count). The van der Waals surface area contributed by atoms with Crippen molar-refractivity contribution in [1.29, 1.82) is 0 Å². The number of amides is 1. The molecule has 2 heterocycles. The van der Waals surface area contributed by atoms with Crippen LogP contribution in [0, 0.1) is 23.4 Å². The van der Waals surface area contributed by atoms with Gasteiger partial charge in [-0.25, -0.2) is 26.3 Å². The second-order valence-electron chi connectivity index (χ2n) is 9.03. The molecular formula is C21H28F3N3O3S. The number of nitrogens with two attached hydrogens (primary N) is 1. The summed E-state index contributed by atoms with van der Waals surface area (Å²) in [4.78, 5) is 14.6. The Balaban J connectivity index is 1.32. The second-order valence-corrected chi connectivity index (χ2v) is 11.1. The highest BCUT2D eigenvalue weighted by atomic mass is 32.2. The molecule has 3 fully saturated rings. The van der Waals surface area contributed by atoms with Gasteiger partial charge in [-0.15, -0.1) is 0 Å². The van der Waals surface area contributed by atoms with Gasteiger partial charge < -0.3 is 10.6 Å². The largest absolute Gasteiger partial charge is 0.337 e. The van der Waals surface area contributed by atoms with Crippen molar-refractivity contribution in [2.24, 2.45) is 11.7 Å². The summed E-state index contributed by atoms with van der Waals surface area (Å²) < 4.78 is 66.9. The van der Waals surface area contributed by atoms with E-state index in [1.165, 1.54) is 0 Å². The van der Waals surface area contributed by atoms with Gasteiger partial charge in [0.2, 0.25) is 15.9 Å². The zero-order valence-corrected chi connectivity index (χ0v) is 18.0. The predicted molar refractivity (Wildman–Crippen MR) is 109 cm³/mol. The number of carbonyl (C=O) groups excluding carboxylic acids is 1. The number of carbonyl (C=O) groups is 1. The fourth-order valence-electron chi connectivity index (χ4n) is 5.04. The molecule has 2 aliphatic heterocycles. The van der Waals surface area contributed by atoms with Crippen LogP contribution in [-0.2, 0) is 21.2 Å². The van der Waals surface area contributed by atoms with Crippen molar-refractivity contribution in [3.63, 3.8) is 0 Å². The first-order chi connectivity index (χ1) is 14.7. The van der Waals surface area contributed by atoms with Crippen molar-refractivity contribution in [1.82, 2.24) is 9.62 Å². The highest BCUT2D eigenvalue weighted by molar-refractivity contribution is 7.90. The fourth-order valence-corrected chi connectivity index (χ4v) is 6.42. The molecule has 172 valence electrons. The third-order valence-corrected chi connectivity index (χ3v) is 8.77. The van der Waals surface area contributed by atoms with Crippen LogP contribution in [0.3, 0.4) is 0 Å². The van der Waals surface area contributed by atoms with Gasteiger partial charge in [-0.1, -0.05) is 0 Å². The molecule has 2 saturated heterocycles. The molecule has 1 aromatic carbocycles. The smallest absolute Gasteiger partial charge is 0.224 e. The van der Waals surface area contributed by atoms with E-state index in [9.17, 15) is 26.4 Å². The van der Waals surface area contributed by atoms with Crippen LogP contribution in [0.25, 0.3) is 0 Å². The maximum Gasteiger partial charge on any atom is 0.224 e. The number of piperidine rings is 1. The predicted octanol–water partition coefficient (Wildman–Crippen LogP) is 2.22. The fraction of sp³-hybridized carbons (Fsp3) is 0.667. The lowest BCUT2D eigenvalue weighted by atomic mass is 9.82. The van der Waals surface area contributed by atoms with Crippen LogP contribution in [0.15, 0.2) is 12.1 Å². The summed E-state index contributed by atoms with van der Waals surface area (Å²) >= 11 is 0. The number of nitrogens with one attached hydrogen (secondary N) is 1. The molecule has 2 bridgehead atoms. The topological polar surface area (TPSA) is 92.5 Å². The molecule has 1 amide bonds. The Labute approximate surface area is 180 Å². The van der Waals surface area contributed by atoms with Gasteiger partial charge in [0, 0.05) is 37.2 Å². The molecule has 0 radical (unpaired) electrons. The lowest BCUT2D eigenvalue weighted by Gasteiger charge is -2.41. The molecule has 0 spiro atoms. The summed E-state index contributed by atoms with van der Waals surface area (Å²) in [6.45, 7) is 0.103. The quantitative estimate of drug-likeness (QED) is 0.583. The number of fused-ring (bicyclic) bond motifs is 2. The maximum absolute atomic E-state index is 14.0. The van der Waals surface area contributed by atoms with Gasteiger partial charge in [0.05, 0.1) is 5.25 Å². The van der Waals surface area contributed by atoms with Crippen LogP contribution in [0.2, 0.25) is 0 Å². The molecule has 1 aromatic rings. The average molecular weight is 460 g/mol. The number of hydrogen-bond donors (Lipinski definition) is 2. The van der Waals surface area contributed by atoms with Gasteiger partial charge in [-0.2, -0.15) is 0 Å². The van der Waals surface area contributed by atoms with Gasteiger partial charge in [-0.3, -0.25) is 4.79 Å². The minimum atomic E-state index is -3.30. The Kier molecular flexibility index (Phi) is 6.33. The van der Waals surface area contributed by atoms with Crippen LogP contribution < -0.4 is 10.5 Å². The summed E-state index contributed by atoms with van der Waals surface area (Å²) in [5.74, 6) is -3.15. The first-order valence-electron chi connectivity index (χ1n) is 10.8. The third-order valence-electron chi connectivity index (χ3n) is 6.81. The van der Waals surface area contributed by atoms with Crippen LogP contribution in [-0.4, -0.2) is 49.1 Å². The SMILES string of the molecule is N[C@H](Cc1cc(F)c(F)cc1F)C1C[C@H]2CC[C@@H](C1)N2C(=O)CCNS(=O)(=O)C1CC1. The third kappa shape index (κ3) is 4.90. The van der Waals surface area contributed by atoms with E-state index in [2.05, 4.69) is 4.72 Å². The zero-order chi connectivity index (χ0) is 22.3. The minimum absolute atomic E-state index is 0.0251. The summed E-state index contributed by atoms with van der Waals surface area (Å²) in [7, 11) is -3.30. The first kappa shape index (κ1) is 22.5. The maximum atomic E-state index is 14.0. The number of nitrogens with zero attached hydrogens (tertiary/aromatic N) is 1. The standard InChI is InChI=1S/C21H28F3N3O3S/c22-17-11-19(24)18(23)9-12(17)10-20(25)13-7-14-1-2-15(8-13)27(14)21(28)5-6-26-31(29,30)16-3-4-16/h9,11,13-16,20,26H,1-8,10,25H2/t13?,14-,15+,20-/m1/s1. The molecule has 1 saturated carbocycles. The van der Waals surface area contributed by atoms with Crippen LogP contribution >= 0.6 is 0 Å². The van der Waals surface area contributed by atoms with Crippen molar-refractivity contribution in [3.8, 4) is 0 Å². The molecular weight excluding hydrogens is 431 g/mol. The average Bonchev–Trinajstić information content (AvgIpc) is 3.52. The van der Waals surface area contributed by atoms with Crippen LogP contribution in [0.4, 0.5) is 13.2 Å². The number of rotatable bonds is 8.